The van der Waals surface area contributed by atoms with E-state index in [9.17, 15) is 18.0 Å². The van der Waals surface area contributed by atoms with Crippen molar-refractivity contribution in [2.75, 3.05) is 18.0 Å². The maximum atomic E-state index is 14.1. The van der Waals surface area contributed by atoms with Gasteiger partial charge in [0.1, 0.15) is 18.3 Å². The van der Waals surface area contributed by atoms with Crippen molar-refractivity contribution in [3.63, 3.8) is 0 Å². The van der Waals surface area contributed by atoms with Crippen molar-refractivity contribution in [3.8, 4) is 5.75 Å². The zero-order valence-corrected chi connectivity index (χ0v) is 26.1. The molecule has 0 unspecified atom stereocenters. The first-order valence-corrected chi connectivity index (χ1v) is 15.3. The summed E-state index contributed by atoms with van der Waals surface area (Å²) in [5, 5.41) is 3.69. The van der Waals surface area contributed by atoms with Crippen LogP contribution in [0.5, 0.6) is 5.75 Å². The summed E-state index contributed by atoms with van der Waals surface area (Å²) >= 11 is 12.3. The normalized spacial score (nSPS) is 12.8. The monoisotopic (exact) mass is 619 g/mol. The van der Waals surface area contributed by atoms with Gasteiger partial charge in [-0.2, -0.15) is 0 Å². The first kappa shape index (κ1) is 32.2. The quantitative estimate of drug-likeness (QED) is 0.275. The van der Waals surface area contributed by atoms with Crippen LogP contribution in [-0.4, -0.2) is 50.9 Å². The predicted molar refractivity (Wildman–Crippen MR) is 163 cm³/mol. The second-order valence-electron chi connectivity index (χ2n) is 9.78. The van der Waals surface area contributed by atoms with Crippen LogP contribution in [0.4, 0.5) is 5.69 Å². The van der Waals surface area contributed by atoms with Crippen LogP contribution < -0.4 is 14.4 Å². The Kier molecular flexibility index (Phi) is 11.1. The highest BCUT2D eigenvalue weighted by Crippen LogP contribution is 2.35. The number of anilines is 1. The van der Waals surface area contributed by atoms with E-state index in [1.807, 2.05) is 20.8 Å². The molecule has 11 heteroatoms. The fourth-order valence-electron chi connectivity index (χ4n) is 4.04. The number of hydrogen-bond donors (Lipinski definition) is 1. The lowest BCUT2D eigenvalue weighted by atomic mass is 10.1. The van der Waals surface area contributed by atoms with Gasteiger partial charge >= 0.3 is 0 Å². The molecule has 0 fully saturated rings. The molecule has 0 aromatic heterocycles. The van der Waals surface area contributed by atoms with E-state index in [-0.39, 0.29) is 39.8 Å². The summed E-state index contributed by atoms with van der Waals surface area (Å²) in [7, 11) is -2.86. The molecule has 41 heavy (non-hydrogen) atoms. The number of nitrogens with one attached hydrogen (secondary N) is 1. The van der Waals surface area contributed by atoms with Crippen LogP contribution >= 0.6 is 23.2 Å². The highest BCUT2D eigenvalue weighted by atomic mass is 35.5. The number of hydrogen-bond acceptors (Lipinski definition) is 5. The second kappa shape index (κ2) is 14.1. The number of rotatable bonds is 12. The third-order valence-corrected chi connectivity index (χ3v) is 8.99. The highest BCUT2D eigenvalue weighted by Gasteiger charge is 2.34. The molecule has 3 rings (SSSR count). The van der Waals surface area contributed by atoms with E-state index in [0.717, 1.165) is 15.4 Å². The van der Waals surface area contributed by atoms with Crippen LogP contribution in [0.3, 0.4) is 0 Å². The molecule has 0 radical (unpaired) electrons. The highest BCUT2D eigenvalue weighted by molar-refractivity contribution is 7.92. The van der Waals surface area contributed by atoms with Gasteiger partial charge < -0.3 is 15.0 Å². The van der Waals surface area contributed by atoms with E-state index in [0.29, 0.717) is 11.4 Å². The minimum absolute atomic E-state index is 0.00950. The van der Waals surface area contributed by atoms with Gasteiger partial charge in [0.15, 0.2) is 0 Å². The molecule has 2 amide bonds. The minimum atomic E-state index is -4.27. The van der Waals surface area contributed by atoms with Crippen molar-refractivity contribution in [2.45, 2.75) is 57.6 Å². The van der Waals surface area contributed by atoms with Crippen LogP contribution in [-0.2, 0) is 26.2 Å². The van der Waals surface area contributed by atoms with Gasteiger partial charge in [-0.3, -0.25) is 13.9 Å². The van der Waals surface area contributed by atoms with Gasteiger partial charge in [-0.25, -0.2) is 8.42 Å². The molecular formula is C30H35Cl2N3O5S. The zero-order valence-electron chi connectivity index (χ0n) is 23.7. The van der Waals surface area contributed by atoms with Crippen molar-refractivity contribution in [1.29, 1.82) is 0 Å². The molecule has 0 spiro atoms. The molecule has 220 valence electrons. The lowest BCUT2D eigenvalue weighted by Crippen LogP contribution is -2.52. The number of carbonyl (C=O) groups is 2. The Bertz CT molecular complexity index is 1460. The van der Waals surface area contributed by atoms with Crippen LogP contribution in [0.15, 0.2) is 71.6 Å². The van der Waals surface area contributed by atoms with E-state index in [4.69, 9.17) is 27.9 Å². The van der Waals surface area contributed by atoms with Gasteiger partial charge in [0.2, 0.25) is 11.8 Å². The largest absolute Gasteiger partial charge is 0.495 e. The first-order valence-electron chi connectivity index (χ1n) is 13.1. The van der Waals surface area contributed by atoms with Crippen molar-refractivity contribution in [3.05, 3.63) is 87.9 Å². The van der Waals surface area contributed by atoms with Crippen molar-refractivity contribution >= 4 is 50.7 Å². The van der Waals surface area contributed by atoms with Gasteiger partial charge in [0.05, 0.1) is 17.7 Å². The number of benzene rings is 3. The zero-order chi connectivity index (χ0) is 30.3. The first-order chi connectivity index (χ1) is 19.4. The molecule has 3 aromatic rings. The third-order valence-electron chi connectivity index (χ3n) is 6.73. The Morgan fingerprint density at radius 2 is 1.56 bits per heavy atom. The Morgan fingerprint density at radius 1 is 0.951 bits per heavy atom. The molecule has 0 aliphatic carbocycles. The molecule has 0 saturated heterocycles. The SMILES string of the molecule is CC[C@@H](C)NC(=O)[C@H](C)N(Cc1ccc(Cl)cc1)C(=O)CN(c1cc(Cl)ccc1OC)S(=O)(=O)c1ccc(C)cc1. The maximum absolute atomic E-state index is 14.1. The minimum Gasteiger partial charge on any atom is -0.495 e. The average molecular weight is 621 g/mol. The number of methoxy groups -OCH3 is 1. The Balaban J connectivity index is 2.09. The van der Waals surface area contributed by atoms with E-state index in [1.54, 1.807) is 49.4 Å². The molecule has 0 heterocycles. The van der Waals surface area contributed by atoms with E-state index in [1.165, 1.54) is 36.3 Å². The summed E-state index contributed by atoms with van der Waals surface area (Å²) in [6.45, 7) is 6.72. The number of amides is 2. The standard InChI is InChI=1S/C30H35Cl2N3O5S/c1-6-21(3)33-30(37)22(4)34(18-23-9-11-24(31)12-10-23)29(36)19-35(27-17-25(32)13-16-28(27)40-5)41(38,39)26-14-7-20(2)8-15-26/h7-17,21-22H,6,18-19H2,1-5H3,(H,33,37)/t21-,22+/m1/s1. The Morgan fingerprint density at radius 3 is 2.15 bits per heavy atom. The van der Waals surface area contributed by atoms with Crippen LogP contribution in [0.25, 0.3) is 0 Å². The molecule has 0 aliphatic heterocycles. The summed E-state index contributed by atoms with van der Waals surface area (Å²) in [6.07, 6.45) is 0.709. The van der Waals surface area contributed by atoms with Crippen LogP contribution in [0.1, 0.15) is 38.3 Å². The molecule has 3 aromatic carbocycles. The van der Waals surface area contributed by atoms with Crippen molar-refractivity contribution in [2.24, 2.45) is 0 Å². The number of sulfonamides is 1. The molecular weight excluding hydrogens is 585 g/mol. The van der Waals surface area contributed by atoms with Crippen LogP contribution in [0, 0.1) is 6.92 Å². The maximum Gasteiger partial charge on any atom is 0.264 e. The van der Waals surface area contributed by atoms with Gasteiger partial charge in [-0.05, 0) is 75.2 Å². The molecule has 0 bridgehead atoms. The van der Waals surface area contributed by atoms with Crippen molar-refractivity contribution in [1.82, 2.24) is 10.2 Å². The number of ether oxygens (including phenoxy) is 1. The summed E-state index contributed by atoms with van der Waals surface area (Å²) in [6, 6.07) is 16.7. The molecule has 0 aliphatic rings. The molecule has 1 N–H and O–H groups in total. The summed E-state index contributed by atoms with van der Waals surface area (Å²) < 4.78 is 34.5. The predicted octanol–water partition coefficient (Wildman–Crippen LogP) is 5.84. The number of carbonyl (C=O) groups excluding carboxylic acids is 2. The molecule has 0 saturated carbocycles. The van der Waals surface area contributed by atoms with Crippen LogP contribution in [0.2, 0.25) is 10.0 Å². The fourth-order valence-corrected chi connectivity index (χ4v) is 5.75. The molecule has 2 atom stereocenters. The molecule has 8 nitrogen and oxygen atoms in total. The van der Waals surface area contributed by atoms with Gasteiger partial charge in [0, 0.05) is 22.6 Å². The second-order valence-corrected chi connectivity index (χ2v) is 12.5. The van der Waals surface area contributed by atoms with Gasteiger partial charge in [-0.15, -0.1) is 0 Å². The smallest absolute Gasteiger partial charge is 0.264 e. The van der Waals surface area contributed by atoms with E-state index in [2.05, 4.69) is 5.32 Å². The van der Waals surface area contributed by atoms with Crippen molar-refractivity contribution < 1.29 is 22.7 Å². The lowest BCUT2D eigenvalue weighted by molar-refractivity contribution is -0.139. The van der Waals surface area contributed by atoms with E-state index < -0.39 is 28.5 Å². The Hall–Kier alpha value is -3.27. The third kappa shape index (κ3) is 8.15. The van der Waals surface area contributed by atoms with Gasteiger partial charge in [0.25, 0.3) is 10.0 Å². The van der Waals surface area contributed by atoms with Gasteiger partial charge in [-0.1, -0.05) is 60.0 Å². The topological polar surface area (TPSA) is 96.0 Å². The summed E-state index contributed by atoms with van der Waals surface area (Å²) in [5.74, 6) is -0.732. The lowest BCUT2D eigenvalue weighted by Gasteiger charge is -2.33. The van der Waals surface area contributed by atoms with E-state index >= 15 is 0 Å². The summed E-state index contributed by atoms with van der Waals surface area (Å²) in [4.78, 5) is 28.6. The fraction of sp³-hybridized carbons (Fsp3) is 0.333. The average Bonchev–Trinajstić information content (AvgIpc) is 2.95. The number of aryl methyl sites for hydroxylation is 1. The number of nitrogens with zero attached hydrogens (tertiary/aromatic N) is 2. The number of halogens is 2. The Labute approximate surface area is 252 Å². The summed E-state index contributed by atoms with van der Waals surface area (Å²) in [5.41, 5.74) is 1.69.